The van der Waals surface area contributed by atoms with Crippen LogP contribution in [0.2, 0.25) is 0 Å². The van der Waals surface area contributed by atoms with Crippen molar-refractivity contribution in [2.45, 2.75) is 11.8 Å². The standard InChI is InChI=1S/C15H13F3N2O3S/c1-9-4-2-3-5-12(9)24(22,23)19-8-13(21)20-11-7-6-10(16)14(17)15(11)18/h2-7,19H,8H2,1H3,(H,20,21). The van der Waals surface area contributed by atoms with Gasteiger partial charge in [0.25, 0.3) is 0 Å². The highest BCUT2D eigenvalue weighted by Crippen LogP contribution is 2.19. The van der Waals surface area contributed by atoms with Crippen molar-refractivity contribution >= 4 is 21.6 Å². The predicted octanol–water partition coefficient (Wildman–Crippen LogP) is 2.33. The monoisotopic (exact) mass is 358 g/mol. The van der Waals surface area contributed by atoms with Gasteiger partial charge in [0, 0.05) is 0 Å². The number of hydrogen-bond acceptors (Lipinski definition) is 3. The van der Waals surface area contributed by atoms with Gasteiger partial charge in [0.05, 0.1) is 17.1 Å². The number of amides is 1. The summed E-state index contributed by atoms with van der Waals surface area (Å²) in [5.41, 5.74) is -0.106. The summed E-state index contributed by atoms with van der Waals surface area (Å²) in [6, 6.07) is 7.62. The molecule has 0 saturated heterocycles. The molecule has 2 aromatic rings. The molecule has 0 heterocycles. The maximum Gasteiger partial charge on any atom is 0.241 e. The zero-order valence-electron chi connectivity index (χ0n) is 12.4. The molecule has 24 heavy (non-hydrogen) atoms. The zero-order chi connectivity index (χ0) is 17.9. The quantitative estimate of drug-likeness (QED) is 0.806. The first-order chi connectivity index (χ1) is 11.2. The summed E-state index contributed by atoms with van der Waals surface area (Å²) in [4.78, 5) is 11.7. The number of anilines is 1. The van der Waals surface area contributed by atoms with Gasteiger partial charge in [0.15, 0.2) is 17.5 Å². The molecule has 0 fully saturated rings. The van der Waals surface area contributed by atoms with Gasteiger partial charge in [-0.3, -0.25) is 4.79 Å². The van der Waals surface area contributed by atoms with Crippen molar-refractivity contribution in [3.05, 3.63) is 59.4 Å². The van der Waals surface area contributed by atoms with Crippen LogP contribution >= 0.6 is 0 Å². The summed E-state index contributed by atoms with van der Waals surface area (Å²) in [6.07, 6.45) is 0. The van der Waals surface area contributed by atoms with E-state index in [0.717, 1.165) is 6.07 Å². The Labute approximate surface area is 136 Å². The minimum atomic E-state index is -3.94. The molecule has 0 saturated carbocycles. The van der Waals surface area contributed by atoms with Crippen molar-refractivity contribution in [2.24, 2.45) is 0 Å². The van der Waals surface area contributed by atoms with Crippen LogP contribution in [-0.2, 0) is 14.8 Å². The van der Waals surface area contributed by atoms with Gasteiger partial charge in [-0.05, 0) is 30.7 Å². The Morgan fingerprint density at radius 2 is 1.71 bits per heavy atom. The summed E-state index contributed by atoms with van der Waals surface area (Å²) in [5.74, 6) is -5.62. The molecule has 2 rings (SSSR count). The summed E-state index contributed by atoms with van der Waals surface area (Å²) in [7, 11) is -3.94. The van der Waals surface area contributed by atoms with Crippen molar-refractivity contribution in [1.82, 2.24) is 4.72 Å². The second-order valence-corrected chi connectivity index (χ2v) is 6.60. The normalized spacial score (nSPS) is 11.3. The van der Waals surface area contributed by atoms with Crippen LogP contribution in [0.1, 0.15) is 5.56 Å². The van der Waals surface area contributed by atoms with Gasteiger partial charge in [0.1, 0.15) is 0 Å². The maximum absolute atomic E-state index is 13.4. The molecule has 5 nitrogen and oxygen atoms in total. The number of rotatable bonds is 5. The molecule has 0 bridgehead atoms. The third kappa shape index (κ3) is 3.92. The minimum absolute atomic E-state index is 0.00296. The molecule has 0 spiro atoms. The average Bonchev–Trinajstić information content (AvgIpc) is 2.54. The number of sulfonamides is 1. The topological polar surface area (TPSA) is 75.3 Å². The maximum atomic E-state index is 13.4. The zero-order valence-corrected chi connectivity index (χ0v) is 13.3. The van der Waals surface area contributed by atoms with E-state index in [4.69, 9.17) is 0 Å². The minimum Gasteiger partial charge on any atom is -0.322 e. The molecule has 2 N–H and O–H groups in total. The lowest BCUT2D eigenvalue weighted by molar-refractivity contribution is -0.115. The Bertz CT molecular complexity index is 886. The van der Waals surface area contributed by atoms with E-state index in [1.165, 1.54) is 12.1 Å². The first kappa shape index (κ1) is 18.0. The second kappa shape index (κ2) is 7.02. The van der Waals surface area contributed by atoms with E-state index in [1.54, 1.807) is 19.1 Å². The average molecular weight is 358 g/mol. The molecule has 0 aliphatic heterocycles. The van der Waals surface area contributed by atoms with Gasteiger partial charge >= 0.3 is 0 Å². The Kier molecular flexibility index (Phi) is 5.25. The van der Waals surface area contributed by atoms with Crippen LogP contribution in [-0.4, -0.2) is 20.9 Å². The molecule has 0 aliphatic carbocycles. The largest absolute Gasteiger partial charge is 0.322 e. The van der Waals surface area contributed by atoms with E-state index in [0.29, 0.717) is 11.6 Å². The number of benzene rings is 2. The van der Waals surface area contributed by atoms with Crippen molar-refractivity contribution in [3.8, 4) is 0 Å². The number of carbonyl (C=O) groups excluding carboxylic acids is 1. The highest BCUT2D eigenvalue weighted by atomic mass is 32.2. The summed E-state index contributed by atoms with van der Waals surface area (Å²) in [5, 5.41) is 1.97. The molecule has 9 heteroatoms. The summed E-state index contributed by atoms with van der Waals surface area (Å²) < 4.78 is 65.6. The second-order valence-electron chi connectivity index (χ2n) is 4.86. The summed E-state index contributed by atoms with van der Waals surface area (Å²) >= 11 is 0. The van der Waals surface area contributed by atoms with Crippen LogP contribution in [0, 0.1) is 24.4 Å². The smallest absolute Gasteiger partial charge is 0.241 e. The number of halogens is 3. The van der Waals surface area contributed by atoms with E-state index < -0.39 is 45.6 Å². The van der Waals surface area contributed by atoms with E-state index in [-0.39, 0.29) is 4.90 Å². The highest BCUT2D eigenvalue weighted by Gasteiger charge is 2.19. The molecule has 0 atom stereocenters. The van der Waals surface area contributed by atoms with E-state index in [1.807, 2.05) is 5.32 Å². The van der Waals surface area contributed by atoms with Crippen molar-refractivity contribution in [1.29, 1.82) is 0 Å². The SMILES string of the molecule is Cc1ccccc1S(=O)(=O)NCC(=O)Nc1ccc(F)c(F)c1F. The molecule has 2 aromatic carbocycles. The Balaban J connectivity index is 2.06. The third-order valence-electron chi connectivity index (χ3n) is 3.12. The van der Waals surface area contributed by atoms with Crippen LogP contribution < -0.4 is 10.0 Å². The Hall–Kier alpha value is -2.39. The van der Waals surface area contributed by atoms with Crippen LogP contribution in [0.5, 0.6) is 0 Å². The van der Waals surface area contributed by atoms with Crippen LogP contribution in [0.4, 0.5) is 18.9 Å². The van der Waals surface area contributed by atoms with Crippen LogP contribution in [0.15, 0.2) is 41.3 Å². The van der Waals surface area contributed by atoms with Gasteiger partial charge in [-0.15, -0.1) is 0 Å². The van der Waals surface area contributed by atoms with Crippen LogP contribution in [0.25, 0.3) is 0 Å². The predicted molar refractivity (Wildman–Crippen MR) is 81.3 cm³/mol. The summed E-state index contributed by atoms with van der Waals surface area (Å²) in [6.45, 7) is 0.889. The lowest BCUT2D eigenvalue weighted by atomic mass is 10.2. The molecule has 1 amide bonds. The molecule has 0 aromatic heterocycles. The Morgan fingerprint density at radius 3 is 2.38 bits per heavy atom. The molecule has 128 valence electrons. The molecule has 0 radical (unpaired) electrons. The van der Waals surface area contributed by atoms with Gasteiger partial charge in [-0.25, -0.2) is 26.3 Å². The molecular weight excluding hydrogens is 345 g/mol. The first-order valence-corrected chi connectivity index (χ1v) is 8.19. The lowest BCUT2D eigenvalue weighted by Crippen LogP contribution is -2.33. The lowest BCUT2D eigenvalue weighted by Gasteiger charge is -2.10. The fourth-order valence-electron chi connectivity index (χ4n) is 1.91. The fourth-order valence-corrected chi connectivity index (χ4v) is 3.14. The Morgan fingerprint density at radius 1 is 1.04 bits per heavy atom. The number of nitrogens with one attached hydrogen (secondary N) is 2. The first-order valence-electron chi connectivity index (χ1n) is 6.71. The van der Waals surface area contributed by atoms with Crippen molar-refractivity contribution in [3.63, 3.8) is 0 Å². The van der Waals surface area contributed by atoms with Crippen molar-refractivity contribution < 1.29 is 26.4 Å². The molecular formula is C15H13F3N2O3S. The number of hydrogen-bond donors (Lipinski definition) is 2. The van der Waals surface area contributed by atoms with Gasteiger partial charge in [0.2, 0.25) is 15.9 Å². The van der Waals surface area contributed by atoms with Gasteiger partial charge in [-0.1, -0.05) is 18.2 Å². The number of carbonyl (C=O) groups is 1. The number of aryl methyl sites for hydroxylation is 1. The van der Waals surface area contributed by atoms with Crippen LogP contribution in [0.3, 0.4) is 0 Å². The van der Waals surface area contributed by atoms with Crippen molar-refractivity contribution in [2.75, 3.05) is 11.9 Å². The van der Waals surface area contributed by atoms with Gasteiger partial charge < -0.3 is 5.32 Å². The molecule has 0 unspecified atom stereocenters. The molecule has 0 aliphatic rings. The van der Waals surface area contributed by atoms with E-state index >= 15 is 0 Å². The highest BCUT2D eigenvalue weighted by molar-refractivity contribution is 7.89. The fraction of sp³-hybridized carbons (Fsp3) is 0.133. The van der Waals surface area contributed by atoms with E-state index in [9.17, 15) is 26.4 Å². The third-order valence-corrected chi connectivity index (χ3v) is 4.68. The van der Waals surface area contributed by atoms with E-state index in [2.05, 4.69) is 4.72 Å². The van der Waals surface area contributed by atoms with Gasteiger partial charge in [-0.2, -0.15) is 0 Å².